The Morgan fingerprint density at radius 2 is 1.19 bits per heavy atom. The highest BCUT2D eigenvalue weighted by Gasteiger charge is 2.20. The lowest BCUT2D eigenvalue weighted by molar-refractivity contribution is 0.473. The van der Waals surface area contributed by atoms with Gasteiger partial charge in [-0.05, 0) is 60.7 Å². The lowest BCUT2D eigenvalue weighted by atomic mass is 9.81. The van der Waals surface area contributed by atoms with Crippen LogP contribution >= 0.6 is 0 Å². The van der Waals surface area contributed by atoms with Crippen molar-refractivity contribution in [1.82, 2.24) is 0 Å². The van der Waals surface area contributed by atoms with E-state index in [9.17, 15) is 0 Å². The largest absolute Gasteiger partial charge is 0.311 e. The van der Waals surface area contributed by atoms with Gasteiger partial charge in [0.25, 0.3) is 0 Å². The zero-order valence-electron chi connectivity index (χ0n) is 16.4. The van der Waals surface area contributed by atoms with Crippen LogP contribution in [0.3, 0.4) is 0 Å². The molecule has 0 unspecified atom stereocenters. The minimum Gasteiger partial charge on any atom is -0.311 e. The minimum atomic E-state index is 0.217. The molecule has 0 bridgehead atoms. The third-order valence-electron chi connectivity index (χ3n) is 5.09. The molecule has 0 radical (unpaired) electrons. The van der Waals surface area contributed by atoms with Crippen LogP contribution in [0, 0.1) is 6.92 Å². The molecule has 0 saturated heterocycles. The Hall–Kier alpha value is -2.54. The maximum atomic E-state index is 2.33. The number of nitrogens with zero attached hydrogens (tertiary/aromatic N) is 1. The normalized spacial score (nSPS) is 11.4. The molecule has 3 aromatic rings. The number of aryl methyl sites for hydroxylation is 1. The maximum Gasteiger partial charge on any atom is 0.0461 e. The first-order valence-corrected chi connectivity index (χ1v) is 9.53. The molecule has 3 aromatic carbocycles. The van der Waals surface area contributed by atoms with Gasteiger partial charge in [-0.15, -0.1) is 0 Å². The van der Waals surface area contributed by atoms with E-state index in [0.717, 1.165) is 0 Å². The SMILES string of the molecule is CCCC(C)(C)c1ccc(N(c2ccccc2)c2ccc(C)cc2)cc1. The smallest absolute Gasteiger partial charge is 0.0461 e. The summed E-state index contributed by atoms with van der Waals surface area (Å²) in [5.74, 6) is 0. The summed E-state index contributed by atoms with van der Waals surface area (Å²) in [6.07, 6.45) is 2.40. The third kappa shape index (κ3) is 3.99. The Morgan fingerprint density at radius 1 is 0.692 bits per heavy atom. The van der Waals surface area contributed by atoms with Crippen LogP contribution in [0.5, 0.6) is 0 Å². The van der Waals surface area contributed by atoms with Crippen molar-refractivity contribution in [2.45, 2.75) is 46.0 Å². The minimum absolute atomic E-state index is 0.217. The fourth-order valence-electron chi connectivity index (χ4n) is 3.55. The third-order valence-corrected chi connectivity index (χ3v) is 5.09. The summed E-state index contributed by atoms with van der Waals surface area (Å²) < 4.78 is 0. The highest BCUT2D eigenvalue weighted by Crippen LogP contribution is 2.36. The molecule has 0 aliphatic heterocycles. The molecule has 1 heteroatoms. The van der Waals surface area contributed by atoms with Crippen molar-refractivity contribution >= 4 is 17.1 Å². The Morgan fingerprint density at radius 3 is 1.73 bits per heavy atom. The summed E-state index contributed by atoms with van der Waals surface area (Å²) in [5, 5.41) is 0. The van der Waals surface area contributed by atoms with Gasteiger partial charge in [0.15, 0.2) is 0 Å². The second-order valence-corrected chi connectivity index (χ2v) is 7.69. The Bertz CT molecular complexity index is 814. The molecule has 0 amide bonds. The quantitative estimate of drug-likeness (QED) is 0.447. The van der Waals surface area contributed by atoms with Crippen LogP contribution in [0.15, 0.2) is 78.9 Å². The van der Waals surface area contributed by atoms with Gasteiger partial charge in [-0.3, -0.25) is 0 Å². The number of benzene rings is 3. The van der Waals surface area contributed by atoms with Crippen LogP contribution in [0.1, 0.15) is 44.7 Å². The van der Waals surface area contributed by atoms with Gasteiger partial charge in [0.05, 0.1) is 0 Å². The topological polar surface area (TPSA) is 3.24 Å². The van der Waals surface area contributed by atoms with Crippen molar-refractivity contribution in [3.8, 4) is 0 Å². The summed E-state index contributed by atoms with van der Waals surface area (Å²) in [4.78, 5) is 2.32. The van der Waals surface area contributed by atoms with E-state index >= 15 is 0 Å². The van der Waals surface area contributed by atoms with Gasteiger partial charge < -0.3 is 4.90 Å². The molecule has 0 atom stereocenters. The van der Waals surface area contributed by atoms with E-state index in [1.807, 2.05) is 0 Å². The van der Waals surface area contributed by atoms with Crippen molar-refractivity contribution in [3.05, 3.63) is 90.0 Å². The molecular formula is C25H29N. The molecule has 0 aromatic heterocycles. The molecule has 0 spiro atoms. The zero-order valence-corrected chi connectivity index (χ0v) is 16.4. The first kappa shape index (κ1) is 18.3. The monoisotopic (exact) mass is 343 g/mol. The summed E-state index contributed by atoms with van der Waals surface area (Å²) in [6.45, 7) is 9.05. The highest BCUT2D eigenvalue weighted by atomic mass is 15.1. The molecule has 0 saturated carbocycles. The fraction of sp³-hybridized carbons (Fsp3) is 0.280. The molecular weight excluding hydrogens is 314 g/mol. The molecule has 3 rings (SSSR count). The first-order chi connectivity index (χ1) is 12.5. The Balaban J connectivity index is 2.01. The maximum absolute atomic E-state index is 2.33. The number of anilines is 3. The van der Waals surface area contributed by atoms with Crippen LogP contribution < -0.4 is 4.90 Å². The van der Waals surface area contributed by atoms with Crippen molar-refractivity contribution in [1.29, 1.82) is 0 Å². The van der Waals surface area contributed by atoms with Crippen LogP contribution in [0.2, 0.25) is 0 Å². The fourth-order valence-corrected chi connectivity index (χ4v) is 3.55. The average Bonchev–Trinajstić information content (AvgIpc) is 2.65. The van der Waals surface area contributed by atoms with E-state index in [1.165, 1.54) is 41.0 Å². The second kappa shape index (κ2) is 7.78. The summed E-state index contributed by atoms with van der Waals surface area (Å²) in [7, 11) is 0. The van der Waals surface area contributed by atoms with Gasteiger partial charge in [-0.1, -0.05) is 75.2 Å². The van der Waals surface area contributed by atoms with Gasteiger partial charge in [0.1, 0.15) is 0 Å². The van der Waals surface area contributed by atoms with Crippen LogP contribution in [0.25, 0.3) is 0 Å². The Labute approximate surface area is 158 Å². The number of rotatable bonds is 6. The van der Waals surface area contributed by atoms with Crippen LogP contribution in [0.4, 0.5) is 17.1 Å². The van der Waals surface area contributed by atoms with Crippen molar-refractivity contribution < 1.29 is 0 Å². The standard InChI is InChI=1S/C25H29N/c1-5-19-25(3,4)21-13-17-24(18-14-21)26(22-9-7-6-8-10-22)23-15-11-20(2)12-16-23/h6-18H,5,19H2,1-4H3. The average molecular weight is 344 g/mol. The molecule has 0 fully saturated rings. The van der Waals surface area contributed by atoms with E-state index in [-0.39, 0.29) is 5.41 Å². The van der Waals surface area contributed by atoms with Crippen LogP contribution in [-0.4, -0.2) is 0 Å². The molecule has 0 N–H and O–H groups in total. The summed E-state index contributed by atoms with van der Waals surface area (Å²) in [5.41, 5.74) is 6.45. The van der Waals surface area contributed by atoms with E-state index in [4.69, 9.17) is 0 Å². The van der Waals surface area contributed by atoms with Gasteiger partial charge >= 0.3 is 0 Å². The molecule has 26 heavy (non-hydrogen) atoms. The number of hydrogen-bond acceptors (Lipinski definition) is 1. The highest BCUT2D eigenvalue weighted by molar-refractivity contribution is 5.76. The van der Waals surface area contributed by atoms with E-state index in [2.05, 4.69) is 111 Å². The molecule has 0 aliphatic carbocycles. The van der Waals surface area contributed by atoms with E-state index < -0.39 is 0 Å². The number of hydrogen-bond donors (Lipinski definition) is 0. The number of para-hydroxylation sites is 1. The first-order valence-electron chi connectivity index (χ1n) is 9.53. The van der Waals surface area contributed by atoms with Gasteiger partial charge in [0, 0.05) is 17.1 Å². The second-order valence-electron chi connectivity index (χ2n) is 7.69. The molecule has 1 nitrogen and oxygen atoms in total. The zero-order chi connectivity index (χ0) is 18.6. The molecule has 134 valence electrons. The predicted molar refractivity (Wildman–Crippen MR) is 114 cm³/mol. The molecule has 0 aliphatic rings. The van der Waals surface area contributed by atoms with Crippen molar-refractivity contribution in [2.24, 2.45) is 0 Å². The van der Waals surface area contributed by atoms with Gasteiger partial charge in [-0.25, -0.2) is 0 Å². The van der Waals surface area contributed by atoms with Gasteiger partial charge in [-0.2, -0.15) is 0 Å². The lowest BCUT2D eigenvalue weighted by Crippen LogP contribution is -2.17. The summed E-state index contributed by atoms with van der Waals surface area (Å²) in [6, 6.07) is 28.4. The van der Waals surface area contributed by atoms with Gasteiger partial charge in [0.2, 0.25) is 0 Å². The lowest BCUT2D eigenvalue weighted by Gasteiger charge is -2.28. The van der Waals surface area contributed by atoms with E-state index in [0.29, 0.717) is 0 Å². The molecule has 0 heterocycles. The van der Waals surface area contributed by atoms with E-state index in [1.54, 1.807) is 0 Å². The Kier molecular flexibility index (Phi) is 5.46. The van der Waals surface area contributed by atoms with Crippen molar-refractivity contribution in [3.63, 3.8) is 0 Å². The van der Waals surface area contributed by atoms with Crippen molar-refractivity contribution in [2.75, 3.05) is 4.90 Å². The van der Waals surface area contributed by atoms with Crippen LogP contribution in [-0.2, 0) is 5.41 Å². The predicted octanol–water partition coefficient (Wildman–Crippen LogP) is 7.54. The summed E-state index contributed by atoms with van der Waals surface area (Å²) >= 11 is 0.